The number of carbonyl (C=O) groups excluding carboxylic acids is 3. The van der Waals surface area contributed by atoms with Gasteiger partial charge < -0.3 is 10.1 Å². The molecule has 1 N–H and O–H groups in total. The molecule has 0 heterocycles. The Balaban J connectivity index is 1.64. The van der Waals surface area contributed by atoms with Crippen molar-refractivity contribution in [3.05, 3.63) is 99.3 Å². The summed E-state index contributed by atoms with van der Waals surface area (Å²) in [5.41, 5.74) is 0.927. The normalized spacial score (nSPS) is 10.4. The summed E-state index contributed by atoms with van der Waals surface area (Å²) in [5.74, 6) is -2.16. The third kappa shape index (κ3) is 5.43. The predicted molar refractivity (Wildman–Crippen MR) is 112 cm³/mol. The predicted octanol–water partition coefficient (Wildman–Crippen LogP) is 5.42. The Morgan fingerprint density at radius 1 is 0.900 bits per heavy atom. The van der Waals surface area contributed by atoms with Crippen molar-refractivity contribution in [2.75, 3.05) is 11.9 Å². The van der Waals surface area contributed by atoms with E-state index < -0.39 is 30.1 Å². The molecule has 0 aliphatic rings. The minimum Gasteiger partial charge on any atom is -0.454 e. The summed E-state index contributed by atoms with van der Waals surface area (Å²) in [6.07, 6.45) is 0. The van der Waals surface area contributed by atoms with Crippen LogP contribution >= 0.6 is 23.2 Å². The number of carbonyl (C=O) groups is 3. The molecule has 0 aromatic heterocycles. The van der Waals surface area contributed by atoms with E-state index in [1.54, 1.807) is 12.1 Å². The van der Waals surface area contributed by atoms with Crippen LogP contribution in [0, 0.1) is 5.82 Å². The van der Waals surface area contributed by atoms with Gasteiger partial charge in [0.05, 0.1) is 16.1 Å². The van der Waals surface area contributed by atoms with Gasteiger partial charge in [0.25, 0.3) is 5.91 Å². The second-order valence-electron chi connectivity index (χ2n) is 6.17. The topological polar surface area (TPSA) is 72.5 Å². The molecule has 3 rings (SSSR count). The Bertz CT molecular complexity index is 1120. The Kier molecular flexibility index (Phi) is 6.82. The molecule has 0 saturated carbocycles. The number of rotatable bonds is 6. The fourth-order valence-corrected chi connectivity index (χ4v) is 3.02. The average molecular weight is 446 g/mol. The minimum atomic E-state index is -0.744. The van der Waals surface area contributed by atoms with E-state index in [9.17, 15) is 18.8 Å². The standard InChI is InChI=1S/C22H14Cl2FNO4/c23-15-6-9-18(19(24)11-15)21(28)26-17-3-1-2-14(10-17)22(29)30-12-20(27)13-4-7-16(25)8-5-13/h1-11H,12H2,(H,26,28). The third-order valence-corrected chi connectivity index (χ3v) is 4.58. The molecule has 30 heavy (non-hydrogen) atoms. The Morgan fingerprint density at radius 3 is 2.33 bits per heavy atom. The van der Waals surface area contributed by atoms with Gasteiger partial charge in [-0.2, -0.15) is 0 Å². The zero-order chi connectivity index (χ0) is 21.7. The second-order valence-corrected chi connectivity index (χ2v) is 7.01. The van der Waals surface area contributed by atoms with Crippen molar-refractivity contribution in [3.8, 4) is 0 Å². The highest BCUT2D eigenvalue weighted by atomic mass is 35.5. The van der Waals surface area contributed by atoms with E-state index in [4.69, 9.17) is 27.9 Å². The van der Waals surface area contributed by atoms with E-state index in [0.29, 0.717) is 10.7 Å². The minimum absolute atomic E-state index is 0.141. The number of hydrogen-bond acceptors (Lipinski definition) is 4. The summed E-state index contributed by atoms with van der Waals surface area (Å²) in [6.45, 7) is -0.499. The molecule has 0 atom stereocenters. The number of amides is 1. The van der Waals surface area contributed by atoms with Gasteiger partial charge in [0.1, 0.15) is 5.82 Å². The Morgan fingerprint density at radius 2 is 1.63 bits per heavy atom. The molecule has 3 aromatic rings. The highest BCUT2D eigenvalue weighted by Crippen LogP contribution is 2.22. The van der Waals surface area contributed by atoms with E-state index in [-0.39, 0.29) is 21.7 Å². The fraction of sp³-hybridized carbons (Fsp3) is 0.0455. The molecule has 0 bridgehead atoms. The Labute approximate surface area is 181 Å². The average Bonchev–Trinajstić information content (AvgIpc) is 2.72. The van der Waals surface area contributed by atoms with Gasteiger partial charge in [-0.3, -0.25) is 9.59 Å². The molecule has 0 spiro atoms. The number of Topliss-reactive ketones (excluding diaryl/α,β-unsaturated/α-hetero) is 1. The second kappa shape index (κ2) is 9.52. The zero-order valence-corrected chi connectivity index (χ0v) is 16.8. The highest BCUT2D eigenvalue weighted by molar-refractivity contribution is 6.37. The zero-order valence-electron chi connectivity index (χ0n) is 15.3. The molecule has 0 saturated heterocycles. The number of ether oxygens (including phenoxy) is 1. The molecule has 0 fully saturated rings. The lowest BCUT2D eigenvalue weighted by molar-refractivity contribution is 0.0474. The van der Waals surface area contributed by atoms with E-state index in [1.807, 2.05) is 0 Å². The molecule has 0 aliphatic heterocycles. The van der Waals surface area contributed by atoms with Crippen LogP contribution in [0.15, 0.2) is 66.7 Å². The molecular formula is C22H14Cl2FNO4. The molecule has 0 unspecified atom stereocenters. The lowest BCUT2D eigenvalue weighted by atomic mass is 10.1. The molecule has 0 aliphatic carbocycles. The van der Waals surface area contributed by atoms with Gasteiger partial charge in [-0.25, -0.2) is 9.18 Å². The van der Waals surface area contributed by atoms with Crippen LogP contribution in [0.5, 0.6) is 0 Å². The summed E-state index contributed by atoms with van der Waals surface area (Å²) in [4.78, 5) is 36.7. The van der Waals surface area contributed by atoms with E-state index >= 15 is 0 Å². The van der Waals surface area contributed by atoms with Crippen molar-refractivity contribution in [1.29, 1.82) is 0 Å². The van der Waals surface area contributed by atoms with Gasteiger partial charge in [0.15, 0.2) is 12.4 Å². The van der Waals surface area contributed by atoms with Crippen LogP contribution in [-0.4, -0.2) is 24.3 Å². The van der Waals surface area contributed by atoms with Gasteiger partial charge in [0, 0.05) is 16.3 Å². The van der Waals surface area contributed by atoms with Gasteiger partial charge in [-0.1, -0.05) is 29.3 Å². The third-order valence-electron chi connectivity index (χ3n) is 4.03. The lowest BCUT2D eigenvalue weighted by Gasteiger charge is -2.09. The van der Waals surface area contributed by atoms with Crippen molar-refractivity contribution in [3.63, 3.8) is 0 Å². The summed E-state index contributed by atoms with van der Waals surface area (Å²) in [6, 6.07) is 15.4. The van der Waals surface area contributed by atoms with Crippen LogP contribution < -0.4 is 5.32 Å². The largest absolute Gasteiger partial charge is 0.454 e. The van der Waals surface area contributed by atoms with E-state index in [0.717, 1.165) is 12.1 Å². The number of halogens is 3. The number of hydrogen-bond donors (Lipinski definition) is 1. The monoisotopic (exact) mass is 445 g/mol. The van der Waals surface area contributed by atoms with Gasteiger partial charge in [0.2, 0.25) is 0 Å². The summed E-state index contributed by atoms with van der Waals surface area (Å²) in [5, 5.41) is 3.22. The quantitative estimate of drug-likeness (QED) is 0.405. The molecule has 3 aromatic carbocycles. The van der Waals surface area contributed by atoms with Gasteiger partial charge in [-0.15, -0.1) is 0 Å². The van der Waals surface area contributed by atoms with Crippen LogP contribution in [-0.2, 0) is 4.74 Å². The van der Waals surface area contributed by atoms with Crippen LogP contribution in [0.3, 0.4) is 0 Å². The molecule has 8 heteroatoms. The highest BCUT2D eigenvalue weighted by Gasteiger charge is 2.15. The molecule has 0 radical (unpaired) electrons. The first-order valence-electron chi connectivity index (χ1n) is 8.66. The first-order chi connectivity index (χ1) is 14.3. The van der Waals surface area contributed by atoms with Crippen LogP contribution in [0.25, 0.3) is 0 Å². The van der Waals surface area contributed by atoms with Crippen molar-refractivity contribution < 1.29 is 23.5 Å². The van der Waals surface area contributed by atoms with E-state index in [1.165, 1.54) is 42.5 Å². The maximum absolute atomic E-state index is 12.9. The van der Waals surface area contributed by atoms with Crippen molar-refractivity contribution in [2.24, 2.45) is 0 Å². The maximum Gasteiger partial charge on any atom is 0.338 e. The number of nitrogens with one attached hydrogen (secondary N) is 1. The number of esters is 1. The van der Waals surface area contributed by atoms with Crippen molar-refractivity contribution in [2.45, 2.75) is 0 Å². The van der Waals surface area contributed by atoms with Crippen LogP contribution in [0.1, 0.15) is 31.1 Å². The van der Waals surface area contributed by atoms with E-state index in [2.05, 4.69) is 5.32 Å². The van der Waals surface area contributed by atoms with Crippen molar-refractivity contribution >= 4 is 46.5 Å². The molecular weight excluding hydrogens is 432 g/mol. The first kappa shape index (κ1) is 21.5. The van der Waals surface area contributed by atoms with Crippen LogP contribution in [0.4, 0.5) is 10.1 Å². The summed E-state index contributed by atoms with van der Waals surface area (Å²) >= 11 is 11.9. The van der Waals surface area contributed by atoms with Crippen molar-refractivity contribution in [1.82, 2.24) is 0 Å². The summed E-state index contributed by atoms with van der Waals surface area (Å²) < 4.78 is 17.9. The molecule has 152 valence electrons. The van der Waals surface area contributed by atoms with Crippen LogP contribution in [0.2, 0.25) is 10.0 Å². The maximum atomic E-state index is 12.9. The lowest BCUT2D eigenvalue weighted by Crippen LogP contribution is -2.15. The smallest absolute Gasteiger partial charge is 0.338 e. The number of anilines is 1. The summed E-state index contributed by atoms with van der Waals surface area (Å²) in [7, 11) is 0. The number of benzene rings is 3. The van der Waals surface area contributed by atoms with Gasteiger partial charge in [-0.05, 0) is 60.7 Å². The number of ketones is 1. The van der Waals surface area contributed by atoms with Gasteiger partial charge >= 0.3 is 5.97 Å². The molecule has 1 amide bonds. The molecule has 5 nitrogen and oxygen atoms in total. The Hall–Kier alpha value is -3.22. The fourth-order valence-electron chi connectivity index (χ4n) is 2.53. The first-order valence-corrected chi connectivity index (χ1v) is 9.41. The SMILES string of the molecule is O=C(COC(=O)c1cccc(NC(=O)c2ccc(Cl)cc2Cl)c1)c1ccc(F)cc1.